The maximum Gasteiger partial charge on any atom is 0.327 e. The van der Waals surface area contributed by atoms with Crippen LogP contribution in [0.15, 0.2) is 0 Å². The van der Waals surface area contributed by atoms with Crippen molar-refractivity contribution in [3.63, 3.8) is 0 Å². The van der Waals surface area contributed by atoms with Crippen molar-refractivity contribution in [1.82, 2.24) is 10.2 Å². The average molecular weight is 184 g/mol. The molecule has 1 N–H and O–H groups in total. The zero-order valence-corrected chi connectivity index (χ0v) is 8.17. The summed E-state index contributed by atoms with van der Waals surface area (Å²) in [6, 6.07) is 0.532. The van der Waals surface area contributed by atoms with E-state index in [1.165, 1.54) is 7.11 Å². The number of nitrogens with zero attached hydrogens (tertiary/aromatic N) is 1. The lowest BCUT2D eigenvalue weighted by molar-refractivity contribution is -0.147. The Morgan fingerprint density at radius 2 is 2.54 bits per heavy atom. The quantitative estimate of drug-likeness (QED) is 0.593. The van der Waals surface area contributed by atoms with E-state index in [0.29, 0.717) is 6.04 Å². The molecule has 0 aromatic rings. The summed E-state index contributed by atoms with van der Waals surface area (Å²) in [4.78, 5) is 13.9. The lowest BCUT2D eigenvalue weighted by atomic mass is 10.0. The Hall–Kier alpha value is -0.610. The Balaban J connectivity index is 2.14. The summed E-state index contributed by atoms with van der Waals surface area (Å²) in [6.07, 6.45) is 0.910. The van der Waals surface area contributed by atoms with Gasteiger partial charge in [0.1, 0.15) is 5.54 Å². The van der Waals surface area contributed by atoms with Gasteiger partial charge in [0, 0.05) is 19.1 Å². The van der Waals surface area contributed by atoms with Crippen molar-refractivity contribution in [1.29, 1.82) is 0 Å². The van der Waals surface area contributed by atoms with Crippen molar-refractivity contribution >= 4 is 5.97 Å². The molecule has 2 atom stereocenters. The van der Waals surface area contributed by atoms with Crippen LogP contribution >= 0.6 is 0 Å². The van der Waals surface area contributed by atoms with E-state index in [0.717, 1.165) is 26.1 Å². The van der Waals surface area contributed by atoms with Crippen molar-refractivity contribution in [2.45, 2.75) is 24.9 Å². The number of likely N-dealkylation sites (N-methyl/N-ethyl adjacent to an activating group) is 1. The van der Waals surface area contributed by atoms with Gasteiger partial charge < -0.3 is 4.74 Å². The molecule has 2 saturated heterocycles. The minimum atomic E-state index is -0.393. The molecule has 0 aliphatic carbocycles. The molecule has 4 nitrogen and oxygen atoms in total. The van der Waals surface area contributed by atoms with Crippen LogP contribution in [0.2, 0.25) is 0 Å². The predicted octanol–water partition coefficient (Wildman–Crippen LogP) is -0.404. The molecule has 0 spiro atoms. The molecule has 0 saturated carbocycles. The van der Waals surface area contributed by atoms with Gasteiger partial charge in [0.2, 0.25) is 0 Å². The van der Waals surface area contributed by atoms with E-state index in [9.17, 15) is 4.79 Å². The fourth-order valence-electron chi connectivity index (χ4n) is 2.50. The molecule has 2 unspecified atom stereocenters. The van der Waals surface area contributed by atoms with Crippen LogP contribution in [-0.2, 0) is 9.53 Å². The van der Waals surface area contributed by atoms with Crippen LogP contribution in [0, 0.1) is 0 Å². The third-order valence-corrected chi connectivity index (χ3v) is 3.23. The van der Waals surface area contributed by atoms with Crippen molar-refractivity contribution in [2.75, 3.05) is 26.7 Å². The number of ether oxygens (including phenoxy) is 1. The van der Waals surface area contributed by atoms with Gasteiger partial charge in [-0.15, -0.1) is 0 Å². The van der Waals surface area contributed by atoms with Crippen LogP contribution < -0.4 is 5.32 Å². The molecule has 4 heteroatoms. The second-order valence-electron chi connectivity index (χ2n) is 3.88. The number of nitrogens with one attached hydrogen (secondary N) is 1. The van der Waals surface area contributed by atoms with E-state index in [-0.39, 0.29) is 5.97 Å². The van der Waals surface area contributed by atoms with Crippen LogP contribution in [0.4, 0.5) is 0 Å². The highest BCUT2D eigenvalue weighted by molar-refractivity contribution is 5.82. The number of hydrogen-bond acceptors (Lipinski definition) is 4. The molecule has 0 amide bonds. The van der Waals surface area contributed by atoms with Crippen molar-refractivity contribution in [2.24, 2.45) is 0 Å². The SMILES string of the molecule is CCN1CC2(C(=O)OC)CC1CN2. The smallest absolute Gasteiger partial charge is 0.327 e. The van der Waals surface area contributed by atoms with E-state index < -0.39 is 5.54 Å². The summed E-state index contributed by atoms with van der Waals surface area (Å²) >= 11 is 0. The number of hydrogen-bond donors (Lipinski definition) is 1. The first-order valence-corrected chi connectivity index (χ1v) is 4.79. The summed E-state index contributed by atoms with van der Waals surface area (Å²) in [6.45, 7) is 4.88. The third kappa shape index (κ3) is 1.16. The van der Waals surface area contributed by atoms with Gasteiger partial charge in [0.25, 0.3) is 0 Å². The molecule has 74 valence electrons. The van der Waals surface area contributed by atoms with E-state index in [2.05, 4.69) is 17.1 Å². The summed E-state index contributed by atoms with van der Waals surface area (Å²) in [5.74, 6) is -0.106. The number of rotatable bonds is 2. The van der Waals surface area contributed by atoms with E-state index >= 15 is 0 Å². The van der Waals surface area contributed by atoms with Gasteiger partial charge in [-0.05, 0) is 13.0 Å². The lowest BCUT2D eigenvalue weighted by Gasteiger charge is -2.30. The van der Waals surface area contributed by atoms with Gasteiger partial charge >= 0.3 is 5.97 Å². The van der Waals surface area contributed by atoms with Crippen molar-refractivity contribution in [3.8, 4) is 0 Å². The zero-order valence-electron chi connectivity index (χ0n) is 8.17. The van der Waals surface area contributed by atoms with Gasteiger partial charge in [0.05, 0.1) is 7.11 Å². The Kier molecular flexibility index (Phi) is 2.04. The number of methoxy groups -OCH3 is 1. The van der Waals surface area contributed by atoms with Gasteiger partial charge in [-0.3, -0.25) is 15.0 Å². The number of likely N-dealkylation sites (tertiary alicyclic amines) is 1. The zero-order chi connectivity index (χ0) is 9.47. The van der Waals surface area contributed by atoms with Gasteiger partial charge in [-0.25, -0.2) is 0 Å². The summed E-state index contributed by atoms with van der Waals surface area (Å²) in [5.41, 5.74) is -0.393. The average Bonchev–Trinajstić information content (AvgIpc) is 2.74. The highest BCUT2D eigenvalue weighted by Crippen LogP contribution is 2.33. The van der Waals surface area contributed by atoms with E-state index in [1.54, 1.807) is 0 Å². The second-order valence-corrected chi connectivity index (χ2v) is 3.88. The highest BCUT2D eigenvalue weighted by Gasteiger charge is 2.54. The molecule has 2 aliphatic heterocycles. The van der Waals surface area contributed by atoms with Crippen LogP contribution in [-0.4, -0.2) is 49.2 Å². The minimum absolute atomic E-state index is 0.106. The van der Waals surface area contributed by atoms with Crippen LogP contribution in [0.25, 0.3) is 0 Å². The second kappa shape index (κ2) is 2.96. The molecular formula is C9H16N2O2. The number of esters is 1. The lowest BCUT2D eigenvalue weighted by Crippen LogP contribution is -2.56. The van der Waals surface area contributed by atoms with Gasteiger partial charge in [-0.2, -0.15) is 0 Å². The number of piperazine rings is 1. The van der Waals surface area contributed by atoms with E-state index in [4.69, 9.17) is 4.74 Å². The van der Waals surface area contributed by atoms with Gasteiger partial charge in [0.15, 0.2) is 0 Å². The molecule has 13 heavy (non-hydrogen) atoms. The predicted molar refractivity (Wildman–Crippen MR) is 48.4 cm³/mol. The maximum atomic E-state index is 11.5. The molecule has 2 rings (SSSR count). The third-order valence-electron chi connectivity index (χ3n) is 3.23. The molecule has 0 aromatic carbocycles. The Morgan fingerprint density at radius 3 is 3.08 bits per heavy atom. The minimum Gasteiger partial charge on any atom is -0.468 e. The first kappa shape index (κ1) is 8.97. The first-order chi connectivity index (χ1) is 6.22. The normalized spacial score (nSPS) is 38.2. The Morgan fingerprint density at radius 1 is 1.77 bits per heavy atom. The molecule has 2 aliphatic rings. The molecule has 2 fully saturated rings. The number of carbonyl (C=O) groups excluding carboxylic acids is 1. The molecule has 2 heterocycles. The fourth-order valence-corrected chi connectivity index (χ4v) is 2.50. The number of carbonyl (C=O) groups is 1. The standard InChI is InChI=1S/C9H16N2O2/c1-3-11-6-9(8(12)13-2)4-7(11)5-10-9/h7,10H,3-6H2,1-2H3. The molecule has 2 bridgehead atoms. The summed E-state index contributed by atoms with van der Waals surface area (Å²) in [7, 11) is 1.46. The van der Waals surface area contributed by atoms with Crippen molar-refractivity contribution in [3.05, 3.63) is 0 Å². The number of fused-ring (bicyclic) bond motifs is 2. The fraction of sp³-hybridized carbons (Fsp3) is 0.889. The summed E-state index contributed by atoms with van der Waals surface area (Å²) in [5, 5.41) is 3.27. The maximum absolute atomic E-state index is 11.5. The Labute approximate surface area is 78.2 Å². The topological polar surface area (TPSA) is 41.6 Å². The molecular weight excluding hydrogens is 168 g/mol. The van der Waals surface area contributed by atoms with Crippen LogP contribution in [0.3, 0.4) is 0 Å². The summed E-state index contributed by atoms with van der Waals surface area (Å²) < 4.78 is 4.82. The van der Waals surface area contributed by atoms with Gasteiger partial charge in [-0.1, -0.05) is 6.92 Å². The van der Waals surface area contributed by atoms with Crippen molar-refractivity contribution < 1.29 is 9.53 Å². The molecule has 0 aromatic heterocycles. The Bertz CT molecular complexity index is 232. The molecule has 0 radical (unpaired) electrons. The first-order valence-electron chi connectivity index (χ1n) is 4.79. The van der Waals surface area contributed by atoms with Crippen LogP contribution in [0.1, 0.15) is 13.3 Å². The monoisotopic (exact) mass is 184 g/mol. The largest absolute Gasteiger partial charge is 0.468 e. The van der Waals surface area contributed by atoms with Crippen LogP contribution in [0.5, 0.6) is 0 Å². The highest BCUT2D eigenvalue weighted by atomic mass is 16.5. The van der Waals surface area contributed by atoms with E-state index in [1.807, 2.05) is 0 Å².